The molecule has 4 heteroatoms. The van der Waals surface area contributed by atoms with Crippen molar-refractivity contribution in [2.45, 2.75) is 13.8 Å². The van der Waals surface area contributed by atoms with Gasteiger partial charge in [-0.15, -0.1) is 0 Å². The Kier molecular flexibility index (Phi) is 6.43. The fourth-order valence-corrected chi connectivity index (χ4v) is 2.03. The molecule has 2 aromatic rings. The fraction of sp³-hybridized carbons (Fsp3) is 0.250. The van der Waals surface area contributed by atoms with Gasteiger partial charge in [-0.05, 0) is 36.2 Å². The van der Waals surface area contributed by atoms with Gasteiger partial charge in [0.15, 0.2) is 0 Å². The molecule has 0 saturated carbocycles. The van der Waals surface area contributed by atoms with Crippen LogP contribution in [0.5, 0.6) is 11.5 Å². The van der Waals surface area contributed by atoms with Crippen molar-refractivity contribution in [2.24, 2.45) is 5.92 Å². The maximum Gasteiger partial charge on any atom is 0.255 e. The lowest BCUT2D eigenvalue weighted by Gasteiger charge is -2.12. The van der Waals surface area contributed by atoms with Gasteiger partial charge in [0, 0.05) is 5.56 Å². The van der Waals surface area contributed by atoms with Gasteiger partial charge in [0.2, 0.25) is 0 Å². The van der Waals surface area contributed by atoms with Crippen molar-refractivity contribution in [2.75, 3.05) is 18.5 Å². The second-order valence-corrected chi connectivity index (χ2v) is 5.78. The highest BCUT2D eigenvalue weighted by Gasteiger charge is 2.10. The minimum absolute atomic E-state index is 0.209. The zero-order chi connectivity index (χ0) is 17.4. The van der Waals surface area contributed by atoms with Crippen LogP contribution in [0.2, 0.25) is 0 Å². The number of para-hydroxylation sites is 2. The lowest BCUT2D eigenvalue weighted by Crippen LogP contribution is -2.13. The molecule has 0 aliphatic carbocycles. The molecular weight excluding hydrogens is 302 g/mol. The summed E-state index contributed by atoms with van der Waals surface area (Å²) in [6.07, 6.45) is 1.66. The van der Waals surface area contributed by atoms with E-state index >= 15 is 0 Å². The van der Waals surface area contributed by atoms with Crippen LogP contribution in [-0.4, -0.2) is 19.1 Å². The van der Waals surface area contributed by atoms with Crippen LogP contribution < -0.4 is 14.8 Å². The van der Waals surface area contributed by atoms with E-state index in [-0.39, 0.29) is 5.91 Å². The summed E-state index contributed by atoms with van der Waals surface area (Å²) < 4.78 is 11.2. The Bertz CT molecular complexity index is 695. The SMILES string of the molecule is C=CCOc1ccccc1NC(=O)c1cccc(OCC(C)C)c1. The molecule has 1 N–H and O–H groups in total. The van der Waals surface area contributed by atoms with Gasteiger partial charge in [-0.25, -0.2) is 0 Å². The first-order chi connectivity index (χ1) is 11.6. The smallest absolute Gasteiger partial charge is 0.255 e. The Hall–Kier alpha value is -2.75. The number of carbonyl (C=O) groups is 1. The Labute approximate surface area is 143 Å². The van der Waals surface area contributed by atoms with Crippen molar-refractivity contribution in [3.05, 3.63) is 66.7 Å². The first kappa shape index (κ1) is 17.6. The van der Waals surface area contributed by atoms with Crippen molar-refractivity contribution in [1.82, 2.24) is 0 Å². The van der Waals surface area contributed by atoms with E-state index < -0.39 is 0 Å². The average Bonchev–Trinajstić information content (AvgIpc) is 2.59. The van der Waals surface area contributed by atoms with E-state index in [9.17, 15) is 4.79 Å². The van der Waals surface area contributed by atoms with Crippen LogP contribution in [0.3, 0.4) is 0 Å². The number of hydrogen-bond acceptors (Lipinski definition) is 3. The maximum absolute atomic E-state index is 12.5. The normalized spacial score (nSPS) is 10.3. The molecule has 0 aromatic heterocycles. The quantitative estimate of drug-likeness (QED) is 0.725. The van der Waals surface area contributed by atoms with Crippen molar-refractivity contribution < 1.29 is 14.3 Å². The Morgan fingerprint density at radius 2 is 1.96 bits per heavy atom. The van der Waals surface area contributed by atoms with Gasteiger partial charge >= 0.3 is 0 Å². The van der Waals surface area contributed by atoms with E-state index in [4.69, 9.17) is 9.47 Å². The molecule has 0 spiro atoms. The van der Waals surface area contributed by atoms with E-state index in [0.717, 1.165) is 0 Å². The molecule has 0 fully saturated rings. The minimum Gasteiger partial charge on any atom is -0.493 e. The van der Waals surface area contributed by atoms with Gasteiger partial charge in [-0.2, -0.15) is 0 Å². The van der Waals surface area contributed by atoms with Gasteiger partial charge in [-0.1, -0.05) is 44.7 Å². The lowest BCUT2D eigenvalue weighted by molar-refractivity contribution is 0.102. The second kappa shape index (κ2) is 8.77. The molecule has 0 aliphatic rings. The topological polar surface area (TPSA) is 47.6 Å². The molecule has 2 rings (SSSR count). The monoisotopic (exact) mass is 325 g/mol. The predicted octanol–water partition coefficient (Wildman–Crippen LogP) is 4.54. The highest BCUT2D eigenvalue weighted by Crippen LogP contribution is 2.25. The summed E-state index contributed by atoms with van der Waals surface area (Å²) in [5.41, 5.74) is 1.16. The third kappa shape index (κ3) is 5.16. The summed E-state index contributed by atoms with van der Waals surface area (Å²) in [4.78, 5) is 12.5. The highest BCUT2D eigenvalue weighted by atomic mass is 16.5. The first-order valence-electron chi connectivity index (χ1n) is 7.97. The number of ether oxygens (including phenoxy) is 2. The first-order valence-corrected chi connectivity index (χ1v) is 7.97. The number of carbonyl (C=O) groups excluding carboxylic acids is 1. The molecule has 0 heterocycles. The molecule has 0 bridgehead atoms. The number of anilines is 1. The molecule has 0 radical (unpaired) electrons. The minimum atomic E-state index is -0.209. The Balaban J connectivity index is 2.10. The molecule has 0 aliphatic heterocycles. The zero-order valence-electron chi connectivity index (χ0n) is 14.1. The number of benzene rings is 2. The Morgan fingerprint density at radius 3 is 2.71 bits per heavy atom. The second-order valence-electron chi connectivity index (χ2n) is 5.78. The summed E-state index contributed by atoms with van der Waals surface area (Å²) in [6, 6.07) is 14.5. The van der Waals surface area contributed by atoms with Crippen LogP contribution in [0.4, 0.5) is 5.69 Å². The third-order valence-electron chi connectivity index (χ3n) is 3.17. The third-order valence-corrected chi connectivity index (χ3v) is 3.17. The van der Waals surface area contributed by atoms with Gasteiger partial charge in [-0.3, -0.25) is 4.79 Å². The summed E-state index contributed by atoms with van der Waals surface area (Å²) in [7, 11) is 0. The predicted molar refractivity (Wildman–Crippen MR) is 96.9 cm³/mol. The standard InChI is InChI=1S/C20H23NO3/c1-4-12-23-19-11-6-5-10-18(19)21-20(22)16-8-7-9-17(13-16)24-14-15(2)3/h4-11,13,15H,1,12,14H2,2-3H3,(H,21,22). The zero-order valence-corrected chi connectivity index (χ0v) is 14.1. The van der Waals surface area contributed by atoms with Crippen LogP contribution >= 0.6 is 0 Å². The Morgan fingerprint density at radius 1 is 1.17 bits per heavy atom. The van der Waals surface area contributed by atoms with E-state index in [0.29, 0.717) is 41.9 Å². The summed E-state index contributed by atoms with van der Waals surface area (Å²) >= 11 is 0. The molecule has 24 heavy (non-hydrogen) atoms. The fourth-order valence-electron chi connectivity index (χ4n) is 2.03. The van der Waals surface area contributed by atoms with Gasteiger partial charge in [0.05, 0.1) is 12.3 Å². The number of nitrogens with one attached hydrogen (secondary N) is 1. The lowest BCUT2D eigenvalue weighted by atomic mass is 10.2. The van der Waals surface area contributed by atoms with Gasteiger partial charge in [0.1, 0.15) is 18.1 Å². The average molecular weight is 325 g/mol. The van der Waals surface area contributed by atoms with Crippen LogP contribution in [-0.2, 0) is 0 Å². The summed E-state index contributed by atoms with van der Waals surface area (Å²) in [5, 5.41) is 2.87. The number of rotatable bonds is 8. The van der Waals surface area contributed by atoms with E-state index in [1.165, 1.54) is 0 Å². The molecule has 0 saturated heterocycles. The van der Waals surface area contributed by atoms with Crippen LogP contribution in [0.15, 0.2) is 61.2 Å². The largest absolute Gasteiger partial charge is 0.493 e. The molecule has 0 atom stereocenters. The molecule has 2 aromatic carbocycles. The van der Waals surface area contributed by atoms with Crippen LogP contribution in [0.1, 0.15) is 24.2 Å². The highest BCUT2D eigenvalue weighted by molar-refractivity contribution is 6.05. The molecule has 1 amide bonds. The van der Waals surface area contributed by atoms with Gasteiger partial charge < -0.3 is 14.8 Å². The van der Waals surface area contributed by atoms with Crippen molar-refractivity contribution in [3.63, 3.8) is 0 Å². The van der Waals surface area contributed by atoms with Crippen LogP contribution in [0.25, 0.3) is 0 Å². The number of hydrogen-bond donors (Lipinski definition) is 1. The number of amides is 1. The molecule has 4 nitrogen and oxygen atoms in total. The van der Waals surface area contributed by atoms with Crippen LogP contribution in [0, 0.1) is 5.92 Å². The van der Waals surface area contributed by atoms with E-state index in [1.54, 1.807) is 30.3 Å². The molecular formula is C20H23NO3. The van der Waals surface area contributed by atoms with E-state index in [1.807, 2.05) is 24.3 Å². The maximum atomic E-state index is 12.5. The van der Waals surface area contributed by atoms with E-state index in [2.05, 4.69) is 25.7 Å². The molecule has 0 unspecified atom stereocenters. The van der Waals surface area contributed by atoms with Crippen molar-refractivity contribution >= 4 is 11.6 Å². The van der Waals surface area contributed by atoms with Gasteiger partial charge in [0.25, 0.3) is 5.91 Å². The van der Waals surface area contributed by atoms with Crippen molar-refractivity contribution in [3.8, 4) is 11.5 Å². The summed E-state index contributed by atoms with van der Waals surface area (Å²) in [5.74, 6) is 1.52. The molecule has 126 valence electrons. The van der Waals surface area contributed by atoms with Crippen molar-refractivity contribution in [1.29, 1.82) is 0 Å². The summed E-state index contributed by atoms with van der Waals surface area (Å²) in [6.45, 7) is 8.78.